The summed E-state index contributed by atoms with van der Waals surface area (Å²) >= 11 is 1.39. The lowest BCUT2D eigenvalue weighted by molar-refractivity contribution is 0.0996. The molecule has 0 aliphatic rings. The minimum absolute atomic E-state index is 0.292. The largest absolute Gasteiger partial charge is 0.459 e. The van der Waals surface area contributed by atoms with Gasteiger partial charge in [0.05, 0.1) is 16.8 Å². The first-order valence-electron chi connectivity index (χ1n) is 8.03. The molecular formula is C19H16N4O2S. The summed E-state index contributed by atoms with van der Waals surface area (Å²) in [6.07, 6.45) is 5.13. The topological polar surface area (TPSA) is 73.0 Å². The van der Waals surface area contributed by atoms with Crippen molar-refractivity contribution in [3.8, 4) is 22.0 Å². The Labute approximate surface area is 154 Å². The number of furan rings is 1. The van der Waals surface area contributed by atoms with Crippen molar-refractivity contribution < 1.29 is 9.21 Å². The van der Waals surface area contributed by atoms with Gasteiger partial charge in [0.1, 0.15) is 0 Å². The number of amides is 1. The van der Waals surface area contributed by atoms with E-state index in [2.05, 4.69) is 15.3 Å². The number of carbonyl (C=O) groups is 1. The summed E-state index contributed by atoms with van der Waals surface area (Å²) in [5.41, 5.74) is 2.54. The molecular weight excluding hydrogens is 348 g/mol. The van der Waals surface area contributed by atoms with E-state index in [-0.39, 0.29) is 5.91 Å². The van der Waals surface area contributed by atoms with Crippen molar-refractivity contribution in [2.75, 3.05) is 5.32 Å². The van der Waals surface area contributed by atoms with Crippen molar-refractivity contribution >= 4 is 22.4 Å². The number of nitrogens with one attached hydrogen (secondary N) is 1. The molecule has 0 saturated heterocycles. The zero-order chi connectivity index (χ0) is 18.1. The predicted octanol–water partition coefficient (Wildman–Crippen LogP) is 4.36. The van der Waals surface area contributed by atoms with Gasteiger partial charge in [-0.2, -0.15) is 0 Å². The van der Waals surface area contributed by atoms with Crippen LogP contribution in [-0.2, 0) is 7.05 Å². The lowest BCUT2D eigenvalue weighted by atomic mass is 10.1. The fraction of sp³-hybridized carbons (Fsp3) is 0.105. The quantitative estimate of drug-likeness (QED) is 0.584. The highest BCUT2D eigenvalue weighted by atomic mass is 32.1. The minimum atomic E-state index is -0.313. The van der Waals surface area contributed by atoms with Crippen LogP contribution in [0.5, 0.6) is 0 Å². The van der Waals surface area contributed by atoms with Gasteiger partial charge in [-0.1, -0.05) is 41.7 Å². The number of carbonyl (C=O) groups excluding carboxylic acids is 1. The molecule has 3 aromatic heterocycles. The van der Waals surface area contributed by atoms with Gasteiger partial charge >= 0.3 is 0 Å². The summed E-state index contributed by atoms with van der Waals surface area (Å²) in [4.78, 5) is 22.4. The lowest BCUT2D eigenvalue weighted by Crippen LogP contribution is -2.11. The molecule has 0 saturated carbocycles. The third-order valence-corrected chi connectivity index (χ3v) is 4.95. The lowest BCUT2D eigenvalue weighted by Gasteiger charge is -2.02. The van der Waals surface area contributed by atoms with Gasteiger partial charge in [-0.3, -0.25) is 10.1 Å². The third kappa shape index (κ3) is 2.93. The zero-order valence-electron chi connectivity index (χ0n) is 14.3. The van der Waals surface area contributed by atoms with E-state index in [4.69, 9.17) is 4.42 Å². The molecule has 1 N–H and O–H groups in total. The number of benzene rings is 1. The van der Waals surface area contributed by atoms with Gasteiger partial charge in [0.15, 0.2) is 16.7 Å². The summed E-state index contributed by atoms with van der Waals surface area (Å²) in [5.74, 6) is 0.781. The number of aromatic nitrogens is 3. The van der Waals surface area contributed by atoms with E-state index < -0.39 is 0 Å². The minimum Gasteiger partial charge on any atom is -0.459 e. The predicted molar refractivity (Wildman–Crippen MR) is 101 cm³/mol. The van der Waals surface area contributed by atoms with Crippen molar-refractivity contribution in [1.29, 1.82) is 0 Å². The highest BCUT2D eigenvalue weighted by Gasteiger charge is 2.20. The normalized spacial score (nSPS) is 10.8. The molecule has 0 spiro atoms. The molecule has 26 heavy (non-hydrogen) atoms. The summed E-state index contributed by atoms with van der Waals surface area (Å²) in [7, 11) is 1.93. The van der Waals surface area contributed by atoms with Crippen LogP contribution >= 0.6 is 11.3 Å². The average Bonchev–Trinajstić information content (AvgIpc) is 3.35. The average molecular weight is 364 g/mol. The molecule has 1 aromatic carbocycles. The molecule has 0 aliphatic carbocycles. The molecule has 6 nitrogen and oxygen atoms in total. The van der Waals surface area contributed by atoms with E-state index >= 15 is 0 Å². The number of nitrogens with zero attached hydrogens (tertiary/aromatic N) is 3. The van der Waals surface area contributed by atoms with Gasteiger partial charge in [0.2, 0.25) is 0 Å². The Balaban J connectivity index is 1.75. The van der Waals surface area contributed by atoms with Crippen LogP contribution in [0.25, 0.3) is 22.0 Å². The van der Waals surface area contributed by atoms with Gasteiger partial charge in [-0.05, 0) is 13.0 Å². The third-order valence-electron chi connectivity index (χ3n) is 3.99. The van der Waals surface area contributed by atoms with Gasteiger partial charge in [-0.15, -0.1) is 0 Å². The molecule has 7 heteroatoms. The van der Waals surface area contributed by atoms with E-state index in [9.17, 15) is 4.79 Å². The van der Waals surface area contributed by atoms with Crippen molar-refractivity contribution in [1.82, 2.24) is 14.5 Å². The SMILES string of the molecule is Cc1ccoc1C(=O)Nc1nc(-c2ccccc2)c(-c2nccn2C)s1. The zero-order valence-corrected chi connectivity index (χ0v) is 15.1. The van der Waals surface area contributed by atoms with E-state index in [1.165, 1.54) is 17.6 Å². The molecule has 4 rings (SSSR count). The van der Waals surface area contributed by atoms with Gasteiger partial charge in [-0.25, -0.2) is 9.97 Å². The fourth-order valence-corrected chi connectivity index (χ4v) is 3.68. The second-order valence-corrected chi connectivity index (χ2v) is 6.81. The standard InChI is InChI=1S/C19H16N4O2S/c1-12-8-11-25-15(12)18(24)22-19-21-14(13-6-4-3-5-7-13)16(26-19)17-20-9-10-23(17)2/h3-11H,1-2H3,(H,21,22,24). The van der Waals surface area contributed by atoms with Crippen LogP contribution < -0.4 is 5.32 Å². The second kappa shape index (κ2) is 6.61. The van der Waals surface area contributed by atoms with Gasteiger partial charge in [0.25, 0.3) is 5.91 Å². The Morgan fingerprint density at radius 2 is 2.04 bits per heavy atom. The van der Waals surface area contributed by atoms with Crippen molar-refractivity contribution in [3.63, 3.8) is 0 Å². The molecule has 130 valence electrons. The van der Waals surface area contributed by atoms with Gasteiger partial charge < -0.3 is 8.98 Å². The molecule has 1 amide bonds. The summed E-state index contributed by atoms with van der Waals surface area (Å²) in [6.45, 7) is 1.83. The molecule has 3 heterocycles. The fourth-order valence-electron chi connectivity index (χ4n) is 2.66. The van der Waals surface area contributed by atoms with Crippen molar-refractivity contribution in [2.45, 2.75) is 6.92 Å². The molecule has 0 fully saturated rings. The van der Waals surface area contributed by atoms with E-state index in [1.807, 2.05) is 55.1 Å². The number of imidazole rings is 1. The molecule has 0 atom stereocenters. The Morgan fingerprint density at radius 1 is 1.23 bits per heavy atom. The number of rotatable bonds is 4. The van der Waals surface area contributed by atoms with Gasteiger partial charge in [0, 0.05) is 30.6 Å². The summed E-state index contributed by atoms with van der Waals surface area (Å²) in [5, 5.41) is 3.34. The summed E-state index contributed by atoms with van der Waals surface area (Å²) < 4.78 is 7.19. The van der Waals surface area contributed by atoms with E-state index in [1.54, 1.807) is 12.3 Å². The van der Waals surface area contributed by atoms with Crippen LogP contribution in [0, 0.1) is 6.92 Å². The van der Waals surface area contributed by atoms with Crippen molar-refractivity contribution in [2.24, 2.45) is 7.05 Å². The molecule has 0 bridgehead atoms. The van der Waals surface area contributed by atoms with E-state index in [0.29, 0.717) is 10.9 Å². The van der Waals surface area contributed by atoms with Crippen LogP contribution in [0.1, 0.15) is 16.1 Å². The first-order chi connectivity index (χ1) is 12.6. The van der Waals surface area contributed by atoms with Crippen LogP contribution in [0.2, 0.25) is 0 Å². The molecule has 0 aliphatic heterocycles. The number of hydrogen-bond acceptors (Lipinski definition) is 5. The Bertz CT molecular complexity index is 1060. The maximum atomic E-state index is 12.4. The second-order valence-electron chi connectivity index (χ2n) is 5.81. The highest BCUT2D eigenvalue weighted by molar-refractivity contribution is 7.19. The number of aryl methyl sites for hydroxylation is 2. The monoisotopic (exact) mass is 364 g/mol. The summed E-state index contributed by atoms with van der Waals surface area (Å²) in [6, 6.07) is 11.6. The van der Waals surface area contributed by atoms with E-state index in [0.717, 1.165) is 27.5 Å². The number of hydrogen-bond donors (Lipinski definition) is 1. The van der Waals surface area contributed by atoms with Crippen LogP contribution in [0.3, 0.4) is 0 Å². The smallest absolute Gasteiger partial charge is 0.293 e. The highest BCUT2D eigenvalue weighted by Crippen LogP contribution is 2.38. The first kappa shape index (κ1) is 16.3. The first-order valence-corrected chi connectivity index (χ1v) is 8.84. The van der Waals surface area contributed by atoms with Crippen LogP contribution in [-0.4, -0.2) is 20.4 Å². The maximum Gasteiger partial charge on any atom is 0.293 e. The molecule has 4 aromatic rings. The van der Waals surface area contributed by atoms with Crippen LogP contribution in [0.15, 0.2) is 59.5 Å². The Hall–Kier alpha value is -3.19. The van der Waals surface area contributed by atoms with Crippen LogP contribution in [0.4, 0.5) is 5.13 Å². The molecule has 0 unspecified atom stereocenters. The number of thiazole rings is 1. The molecule has 0 radical (unpaired) electrons. The van der Waals surface area contributed by atoms with Crippen molar-refractivity contribution in [3.05, 3.63) is 66.4 Å². The maximum absolute atomic E-state index is 12.4. The Kier molecular flexibility index (Phi) is 4.14. The Morgan fingerprint density at radius 3 is 2.69 bits per heavy atom. The number of anilines is 1.